The Hall–Kier alpha value is -1.12. The van der Waals surface area contributed by atoms with Gasteiger partial charge in [0.2, 0.25) is 0 Å². The minimum absolute atomic E-state index is 0.00427. The van der Waals surface area contributed by atoms with Crippen LogP contribution in [0, 0.1) is 6.92 Å². The Kier molecular flexibility index (Phi) is 5.77. The zero-order chi connectivity index (χ0) is 16.3. The van der Waals surface area contributed by atoms with Gasteiger partial charge in [-0.05, 0) is 37.1 Å². The highest BCUT2D eigenvalue weighted by Crippen LogP contribution is 2.18. The topological polar surface area (TPSA) is 97.4 Å². The van der Waals surface area contributed by atoms with Gasteiger partial charge >= 0.3 is 0 Å². The summed E-state index contributed by atoms with van der Waals surface area (Å²) in [6, 6.07) is 3.94. The number of carbonyl (C=O) groups is 1. The average molecular weight is 354 g/mol. The lowest BCUT2D eigenvalue weighted by Gasteiger charge is -2.08. The van der Waals surface area contributed by atoms with E-state index in [4.69, 9.17) is 10.7 Å². The van der Waals surface area contributed by atoms with Crippen molar-refractivity contribution in [2.24, 2.45) is 0 Å². The average Bonchev–Trinajstić information content (AvgIpc) is 2.32. The fourth-order valence-electron chi connectivity index (χ4n) is 1.67. The van der Waals surface area contributed by atoms with E-state index in [1.165, 1.54) is 18.2 Å². The van der Waals surface area contributed by atoms with Gasteiger partial charge in [0.25, 0.3) is 15.0 Å². The molecule has 0 aliphatic rings. The zero-order valence-electron chi connectivity index (χ0n) is 11.6. The molecule has 0 saturated carbocycles. The Morgan fingerprint density at radius 3 is 2.33 bits per heavy atom. The van der Waals surface area contributed by atoms with Gasteiger partial charge in [-0.1, -0.05) is 0 Å². The highest BCUT2D eigenvalue weighted by atomic mass is 35.7. The molecule has 0 fully saturated rings. The maximum Gasteiger partial charge on any atom is 0.261 e. The Labute approximate surface area is 128 Å². The van der Waals surface area contributed by atoms with Crippen molar-refractivity contribution < 1.29 is 21.6 Å². The molecule has 0 bridgehead atoms. The van der Waals surface area contributed by atoms with E-state index in [-0.39, 0.29) is 23.1 Å². The van der Waals surface area contributed by atoms with Crippen molar-refractivity contribution in [3.63, 3.8) is 0 Å². The molecule has 1 amide bonds. The van der Waals surface area contributed by atoms with E-state index in [2.05, 4.69) is 5.32 Å². The number of hydrogen-bond donors (Lipinski definition) is 1. The van der Waals surface area contributed by atoms with Crippen molar-refractivity contribution >= 4 is 35.5 Å². The third-order valence-corrected chi connectivity index (χ3v) is 5.08. The largest absolute Gasteiger partial charge is 0.352 e. The van der Waals surface area contributed by atoms with Crippen LogP contribution in [0.1, 0.15) is 22.3 Å². The first kappa shape index (κ1) is 17.9. The molecule has 1 aromatic rings. The van der Waals surface area contributed by atoms with Crippen LogP contribution in [0.3, 0.4) is 0 Å². The molecule has 0 saturated heterocycles. The first-order valence-corrected chi connectivity index (χ1v) is 10.4. The Bertz CT molecular complexity index is 741. The van der Waals surface area contributed by atoms with E-state index in [1.807, 2.05) is 0 Å². The molecule has 0 unspecified atom stereocenters. The normalized spacial score (nSPS) is 12.1. The first-order chi connectivity index (χ1) is 9.50. The van der Waals surface area contributed by atoms with Crippen molar-refractivity contribution in [1.82, 2.24) is 5.32 Å². The monoisotopic (exact) mass is 353 g/mol. The molecule has 0 aliphatic carbocycles. The van der Waals surface area contributed by atoms with Gasteiger partial charge in [-0.2, -0.15) is 0 Å². The molecule has 0 aromatic heterocycles. The lowest BCUT2D eigenvalue weighted by Crippen LogP contribution is -2.26. The lowest BCUT2D eigenvalue weighted by atomic mass is 10.1. The summed E-state index contributed by atoms with van der Waals surface area (Å²) >= 11 is 0. The minimum atomic E-state index is -3.83. The maximum absolute atomic E-state index is 11.9. The van der Waals surface area contributed by atoms with E-state index >= 15 is 0 Å². The summed E-state index contributed by atoms with van der Waals surface area (Å²) in [4.78, 5) is 11.8. The second kappa shape index (κ2) is 6.76. The number of benzene rings is 1. The van der Waals surface area contributed by atoms with E-state index in [9.17, 15) is 21.6 Å². The van der Waals surface area contributed by atoms with Crippen LogP contribution in [0.4, 0.5) is 0 Å². The highest BCUT2D eigenvalue weighted by Gasteiger charge is 2.14. The summed E-state index contributed by atoms with van der Waals surface area (Å²) in [5.41, 5.74) is 0.788. The number of hydrogen-bond acceptors (Lipinski definition) is 5. The van der Waals surface area contributed by atoms with E-state index in [1.54, 1.807) is 6.92 Å². The molecule has 0 heterocycles. The minimum Gasteiger partial charge on any atom is -0.352 e. The number of sulfone groups is 1. The zero-order valence-corrected chi connectivity index (χ0v) is 14.0. The fraction of sp³-hybridized carbons (Fsp3) is 0.417. The van der Waals surface area contributed by atoms with Gasteiger partial charge in [0, 0.05) is 29.0 Å². The highest BCUT2D eigenvalue weighted by molar-refractivity contribution is 8.13. The summed E-state index contributed by atoms with van der Waals surface area (Å²) in [6.45, 7) is 1.82. The second-order valence-corrected chi connectivity index (χ2v) is 9.48. The lowest BCUT2D eigenvalue weighted by molar-refractivity contribution is 0.0953. The molecule has 1 rings (SSSR count). The number of aryl methyl sites for hydroxylation is 1. The third kappa shape index (κ3) is 6.03. The van der Waals surface area contributed by atoms with Crippen molar-refractivity contribution in [1.29, 1.82) is 0 Å². The molecule has 6 nitrogen and oxygen atoms in total. The van der Waals surface area contributed by atoms with Crippen LogP contribution < -0.4 is 5.32 Å². The van der Waals surface area contributed by atoms with E-state index in [0.717, 1.165) is 6.26 Å². The molecule has 0 spiro atoms. The third-order valence-electron chi connectivity index (χ3n) is 2.70. The van der Waals surface area contributed by atoms with Crippen LogP contribution in [-0.4, -0.2) is 41.3 Å². The molecule has 9 heteroatoms. The van der Waals surface area contributed by atoms with E-state index < -0.39 is 18.9 Å². The fourth-order valence-corrected chi connectivity index (χ4v) is 3.18. The van der Waals surface area contributed by atoms with Crippen molar-refractivity contribution in [2.45, 2.75) is 18.2 Å². The molecular weight excluding hydrogens is 338 g/mol. The van der Waals surface area contributed by atoms with Gasteiger partial charge in [0.1, 0.15) is 9.84 Å². The smallest absolute Gasteiger partial charge is 0.261 e. The molecule has 1 N–H and O–H groups in total. The molecule has 118 valence electrons. The number of rotatable bonds is 6. The van der Waals surface area contributed by atoms with Crippen LogP contribution >= 0.6 is 10.7 Å². The predicted octanol–water partition coefficient (Wildman–Crippen LogP) is 1.09. The molecular formula is C12H16ClNO5S2. The standard InChI is InChI=1S/C12H16ClNO5S2/c1-9-8-10(21(13,18)19)4-5-11(9)12(15)14-6-3-7-20(2,16)17/h4-5,8H,3,6-7H2,1-2H3,(H,14,15). The summed E-state index contributed by atoms with van der Waals surface area (Å²) in [6.07, 6.45) is 1.45. The Balaban J connectivity index is 2.72. The van der Waals surface area contributed by atoms with Crippen LogP contribution in [0.25, 0.3) is 0 Å². The van der Waals surface area contributed by atoms with Crippen molar-refractivity contribution in [2.75, 3.05) is 18.6 Å². The van der Waals surface area contributed by atoms with Gasteiger partial charge in [-0.25, -0.2) is 16.8 Å². The van der Waals surface area contributed by atoms with Gasteiger partial charge in [-0.15, -0.1) is 0 Å². The Morgan fingerprint density at radius 1 is 1.24 bits per heavy atom. The molecule has 0 atom stereocenters. The maximum atomic E-state index is 11.9. The quantitative estimate of drug-likeness (QED) is 0.609. The predicted molar refractivity (Wildman–Crippen MR) is 80.9 cm³/mol. The van der Waals surface area contributed by atoms with Crippen molar-refractivity contribution in [3.05, 3.63) is 29.3 Å². The molecule has 1 aromatic carbocycles. The van der Waals surface area contributed by atoms with Crippen LogP contribution in [0.5, 0.6) is 0 Å². The molecule has 0 radical (unpaired) electrons. The van der Waals surface area contributed by atoms with Gasteiger partial charge in [0.15, 0.2) is 0 Å². The van der Waals surface area contributed by atoms with Crippen LogP contribution in [0.15, 0.2) is 23.1 Å². The van der Waals surface area contributed by atoms with Gasteiger partial charge in [0.05, 0.1) is 10.6 Å². The summed E-state index contributed by atoms with van der Waals surface area (Å²) in [5, 5.41) is 2.58. The van der Waals surface area contributed by atoms with Crippen molar-refractivity contribution in [3.8, 4) is 0 Å². The SMILES string of the molecule is Cc1cc(S(=O)(=O)Cl)ccc1C(=O)NCCCS(C)(=O)=O. The first-order valence-electron chi connectivity index (χ1n) is 6.02. The van der Waals surface area contributed by atoms with Gasteiger partial charge in [-0.3, -0.25) is 4.79 Å². The number of halogens is 1. The van der Waals surface area contributed by atoms with Crippen LogP contribution in [-0.2, 0) is 18.9 Å². The number of carbonyl (C=O) groups excluding carboxylic acids is 1. The second-order valence-electron chi connectivity index (χ2n) is 4.65. The summed E-state index contributed by atoms with van der Waals surface area (Å²) in [7, 11) is -1.66. The number of amides is 1. The summed E-state index contributed by atoms with van der Waals surface area (Å²) in [5.74, 6) is -0.394. The van der Waals surface area contributed by atoms with E-state index in [0.29, 0.717) is 17.5 Å². The molecule has 21 heavy (non-hydrogen) atoms. The summed E-state index contributed by atoms with van der Waals surface area (Å²) < 4.78 is 44.3. The molecule has 0 aliphatic heterocycles. The Morgan fingerprint density at radius 2 is 1.86 bits per heavy atom. The van der Waals surface area contributed by atoms with Crippen LogP contribution in [0.2, 0.25) is 0 Å². The van der Waals surface area contributed by atoms with Gasteiger partial charge < -0.3 is 5.32 Å². The number of nitrogens with one attached hydrogen (secondary N) is 1.